The molecule has 0 aliphatic carbocycles. The van der Waals surface area contributed by atoms with Gasteiger partial charge in [-0.1, -0.05) is 46.7 Å². The van der Waals surface area contributed by atoms with E-state index in [1.54, 1.807) is 42.1 Å². The van der Waals surface area contributed by atoms with E-state index in [0.29, 0.717) is 43.3 Å². The molecule has 160 valence electrons. The molecular formula is C23H15Cl2N3O2S2. The van der Waals surface area contributed by atoms with Crippen molar-refractivity contribution in [2.45, 2.75) is 11.3 Å². The predicted molar refractivity (Wildman–Crippen MR) is 131 cm³/mol. The van der Waals surface area contributed by atoms with Crippen LogP contribution in [0.15, 0.2) is 68.7 Å². The molecule has 0 aliphatic rings. The molecule has 0 saturated carbocycles. The third kappa shape index (κ3) is 4.21. The smallest absolute Gasteiger partial charge is 0.291 e. The van der Waals surface area contributed by atoms with Crippen LogP contribution in [-0.4, -0.2) is 20.9 Å². The molecular weight excluding hydrogens is 485 g/mol. The monoisotopic (exact) mass is 499 g/mol. The van der Waals surface area contributed by atoms with E-state index in [1.165, 1.54) is 20.7 Å². The van der Waals surface area contributed by atoms with Gasteiger partial charge >= 0.3 is 0 Å². The van der Waals surface area contributed by atoms with E-state index in [-0.39, 0.29) is 5.56 Å². The first-order valence-electron chi connectivity index (χ1n) is 9.58. The van der Waals surface area contributed by atoms with Gasteiger partial charge in [-0.2, -0.15) is 4.52 Å². The maximum absolute atomic E-state index is 12.8. The van der Waals surface area contributed by atoms with Crippen molar-refractivity contribution in [1.29, 1.82) is 0 Å². The van der Waals surface area contributed by atoms with E-state index in [2.05, 4.69) is 34.3 Å². The van der Waals surface area contributed by atoms with E-state index >= 15 is 0 Å². The van der Waals surface area contributed by atoms with Crippen molar-refractivity contribution in [2.24, 2.45) is 0 Å². The Bertz CT molecular complexity index is 1540. The lowest BCUT2D eigenvalue weighted by molar-refractivity contribution is 0.571. The quantitative estimate of drug-likeness (QED) is 0.295. The molecule has 32 heavy (non-hydrogen) atoms. The number of thiazole rings is 1. The molecule has 3 aromatic heterocycles. The molecule has 0 fully saturated rings. The summed E-state index contributed by atoms with van der Waals surface area (Å²) in [6, 6.07) is 17.1. The molecule has 9 heteroatoms. The number of hydrogen-bond donors (Lipinski definition) is 0. The molecule has 0 bridgehead atoms. The van der Waals surface area contributed by atoms with Gasteiger partial charge in [0, 0.05) is 28.0 Å². The van der Waals surface area contributed by atoms with E-state index < -0.39 is 0 Å². The van der Waals surface area contributed by atoms with Crippen LogP contribution in [0.2, 0.25) is 10.0 Å². The maximum Gasteiger partial charge on any atom is 0.291 e. The van der Waals surface area contributed by atoms with Gasteiger partial charge in [0.15, 0.2) is 5.82 Å². The second-order valence-corrected chi connectivity index (χ2v) is 9.72. The number of benzene rings is 2. The molecule has 3 heterocycles. The summed E-state index contributed by atoms with van der Waals surface area (Å²) in [5.74, 6) is 1.76. The SMILES string of the molecule is CSc1ccc(Cc2nc3s/c(=C\c4ccc(-c5ccc(Cl)cc5Cl)o4)c(=O)n3n2)cc1. The average molecular weight is 500 g/mol. The summed E-state index contributed by atoms with van der Waals surface area (Å²) in [5.41, 5.74) is 1.61. The number of aromatic nitrogens is 3. The van der Waals surface area contributed by atoms with Crippen molar-refractivity contribution in [3.8, 4) is 11.3 Å². The molecule has 0 unspecified atom stereocenters. The molecule has 5 rings (SSSR count). The van der Waals surface area contributed by atoms with Crippen LogP contribution in [-0.2, 0) is 6.42 Å². The minimum Gasteiger partial charge on any atom is -0.457 e. The summed E-state index contributed by atoms with van der Waals surface area (Å²) in [6.45, 7) is 0. The lowest BCUT2D eigenvalue weighted by Crippen LogP contribution is -2.23. The molecule has 0 N–H and O–H groups in total. The first kappa shape index (κ1) is 21.3. The fraction of sp³-hybridized carbons (Fsp3) is 0.0870. The normalized spacial score (nSPS) is 12.2. The molecule has 5 nitrogen and oxygen atoms in total. The number of halogens is 2. The van der Waals surface area contributed by atoms with Gasteiger partial charge in [0.05, 0.1) is 5.02 Å². The van der Waals surface area contributed by atoms with Crippen LogP contribution in [0.5, 0.6) is 0 Å². The molecule has 0 aliphatic heterocycles. The average Bonchev–Trinajstić information content (AvgIpc) is 3.46. The highest BCUT2D eigenvalue weighted by molar-refractivity contribution is 7.98. The number of fused-ring (bicyclic) bond motifs is 1. The van der Waals surface area contributed by atoms with Crippen molar-refractivity contribution in [2.75, 3.05) is 6.26 Å². The van der Waals surface area contributed by atoms with Crippen LogP contribution in [0.25, 0.3) is 22.4 Å². The zero-order chi connectivity index (χ0) is 22.2. The standard InChI is InChI=1S/C23H15Cl2N3O2S2/c1-31-16-6-2-13(3-7-16)10-21-26-23-28(27-21)22(29)20(32-23)12-15-5-9-19(30-15)17-8-4-14(24)11-18(17)25/h2-9,11-12H,10H2,1H3/b20-12-. The second-order valence-electron chi connectivity index (χ2n) is 6.99. The van der Waals surface area contributed by atoms with E-state index in [1.807, 2.05) is 12.3 Å². The number of thioether (sulfide) groups is 1. The van der Waals surface area contributed by atoms with Crippen molar-refractivity contribution >= 4 is 57.3 Å². The minimum atomic E-state index is -0.219. The third-order valence-electron chi connectivity index (χ3n) is 4.84. The zero-order valence-corrected chi connectivity index (χ0v) is 19.9. The van der Waals surface area contributed by atoms with Gasteiger partial charge in [0.25, 0.3) is 5.56 Å². The van der Waals surface area contributed by atoms with Crippen LogP contribution in [0.1, 0.15) is 17.1 Å². The Morgan fingerprint density at radius 1 is 1.12 bits per heavy atom. The van der Waals surface area contributed by atoms with Gasteiger partial charge in [-0.05, 0) is 54.3 Å². The van der Waals surface area contributed by atoms with Gasteiger partial charge in [-0.3, -0.25) is 4.79 Å². The first-order valence-corrected chi connectivity index (χ1v) is 12.4. The van der Waals surface area contributed by atoms with Gasteiger partial charge in [-0.25, -0.2) is 4.98 Å². The van der Waals surface area contributed by atoms with Crippen LogP contribution in [0, 0.1) is 0 Å². The summed E-state index contributed by atoms with van der Waals surface area (Å²) in [6.07, 6.45) is 4.31. The molecule has 0 radical (unpaired) electrons. The highest BCUT2D eigenvalue weighted by Gasteiger charge is 2.13. The van der Waals surface area contributed by atoms with Crippen molar-refractivity contribution in [3.63, 3.8) is 0 Å². The summed E-state index contributed by atoms with van der Waals surface area (Å²) in [4.78, 5) is 19.1. The molecule has 2 aromatic carbocycles. The number of furan rings is 1. The van der Waals surface area contributed by atoms with Crippen molar-refractivity contribution in [1.82, 2.24) is 14.6 Å². The fourth-order valence-electron chi connectivity index (χ4n) is 3.27. The molecule has 5 aromatic rings. The molecule has 0 amide bonds. The Labute approximate surface area is 201 Å². The van der Waals surface area contributed by atoms with Crippen LogP contribution < -0.4 is 10.1 Å². The fourth-order valence-corrected chi connectivity index (χ4v) is 5.09. The predicted octanol–water partition coefficient (Wildman–Crippen LogP) is 5.58. The zero-order valence-electron chi connectivity index (χ0n) is 16.7. The Balaban J connectivity index is 1.42. The lowest BCUT2D eigenvalue weighted by atomic mass is 10.1. The third-order valence-corrected chi connectivity index (χ3v) is 7.09. The van der Waals surface area contributed by atoms with Gasteiger partial charge in [0.2, 0.25) is 4.96 Å². The van der Waals surface area contributed by atoms with Crippen LogP contribution in [0.3, 0.4) is 0 Å². The largest absolute Gasteiger partial charge is 0.457 e. The summed E-state index contributed by atoms with van der Waals surface area (Å²) in [5, 5.41) is 5.45. The van der Waals surface area contributed by atoms with Crippen LogP contribution in [0.4, 0.5) is 0 Å². The Hall–Kier alpha value is -2.58. The summed E-state index contributed by atoms with van der Waals surface area (Å²) < 4.78 is 7.72. The van der Waals surface area contributed by atoms with Gasteiger partial charge in [-0.15, -0.1) is 16.9 Å². The number of hydrogen-bond acceptors (Lipinski definition) is 6. The lowest BCUT2D eigenvalue weighted by Gasteiger charge is -2.00. The summed E-state index contributed by atoms with van der Waals surface area (Å²) in [7, 11) is 0. The van der Waals surface area contributed by atoms with E-state index in [0.717, 1.165) is 11.1 Å². The first-order chi connectivity index (χ1) is 15.5. The topological polar surface area (TPSA) is 60.4 Å². The Morgan fingerprint density at radius 3 is 2.66 bits per heavy atom. The summed E-state index contributed by atoms with van der Waals surface area (Å²) >= 11 is 15.2. The maximum atomic E-state index is 12.8. The highest BCUT2D eigenvalue weighted by atomic mass is 35.5. The molecule has 0 saturated heterocycles. The Morgan fingerprint density at radius 2 is 1.94 bits per heavy atom. The number of nitrogens with zero attached hydrogens (tertiary/aromatic N) is 3. The van der Waals surface area contributed by atoms with Crippen LogP contribution >= 0.6 is 46.3 Å². The van der Waals surface area contributed by atoms with Gasteiger partial charge < -0.3 is 4.42 Å². The van der Waals surface area contributed by atoms with E-state index in [4.69, 9.17) is 27.6 Å². The second kappa shape index (κ2) is 8.75. The van der Waals surface area contributed by atoms with Crippen molar-refractivity contribution < 1.29 is 4.42 Å². The highest BCUT2D eigenvalue weighted by Crippen LogP contribution is 2.31. The van der Waals surface area contributed by atoms with E-state index in [9.17, 15) is 4.79 Å². The van der Waals surface area contributed by atoms with Gasteiger partial charge in [0.1, 0.15) is 16.1 Å². The van der Waals surface area contributed by atoms with Crippen molar-refractivity contribution in [3.05, 3.63) is 96.7 Å². The minimum absolute atomic E-state index is 0.219. The molecule has 0 atom stereocenters. The molecule has 0 spiro atoms. The number of rotatable bonds is 5. The Kier molecular flexibility index (Phi) is 5.82.